The van der Waals surface area contributed by atoms with Gasteiger partial charge in [-0.05, 0) is 48.6 Å². The lowest BCUT2D eigenvalue weighted by molar-refractivity contribution is -0.146. The van der Waals surface area contributed by atoms with Crippen LogP contribution in [0.2, 0.25) is 0 Å². The molecule has 0 spiro atoms. The summed E-state index contributed by atoms with van der Waals surface area (Å²) >= 11 is 0. The van der Waals surface area contributed by atoms with Gasteiger partial charge in [-0.3, -0.25) is 9.59 Å². The number of carbonyl (C=O) groups is 2. The molecule has 2 aromatic carbocycles. The fourth-order valence-electron chi connectivity index (χ4n) is 5.01. The zero-order valence-corrected chi connectivity index (χ0v) is 22.0. The predicted octanol–water partition coefficient (Wildman–Crippen LogP) is 4.22. The van der Waals surface area contributed by atoms with E-state index in [4.69, 9.17) is 4.74 Å². The van der Waals surface area contributed by atoms with Crippen molar-refractivity contribution in [1.82, 2.24) is 4.31 Å². The Balaban J connectivity index is 1.28. The molecular weight excluding hydrogens is 476 g/mol. The number of hydrogen-bond acceptors (Lipinski definition) is 6. The average Bonchev–Trinajstić information content (AvgIpc) is 3.07. The van der Waals surface area contributed by atoms with E-state index in [1.165, 1.54) is 0 Å². The minimum absolute atomic E-state index is 0.110. The van der Waals surface area contributed by atoms with Gasteiger partial charge in [0, 0.05) is 49.4 Å². The predicted molar refractivity (Wildman–Crippen MR) is 139 cm³/mol. The Kier molecular flexibility index (Phi) is 7.66. The largest absolute Gasteiger partial charge is 0.457 e. The summed E-state index contributed by atoms with van der Waals surface area (Å²) in [6, 6.07) is 14.7. The van der Waals surface area contributed by atoms with Crippen molar-refractivity contribution in [2.75, 3.05) is 31.6 Å². The number of ketones is 1. The molecule has 2 aromatic rings. The fraction of sp³-hybridized carbons (Fsp3) is 0.429. The summed E-state index contributed by atoms with van der Waals surface area (Å²) < 4.78 is 32.3. The van der Waals surface area contributed by atoms with Crippen LogP contribution >= 0.6 is 0 Å². The van der Waals surface area contributed by atoms with Crippen molar-refractivity contribution in [2.45, 2.75) is 56.3 Å². The Morgan fingerprint density at radius 3 is 2.33 bits per heavy atom. The minimum Gasteiger partial charge on any atom is -0.457 e. The van der Waals surface area contributed by atoms with Crippen LogP contribution in [0.5, 0.6) is 0 Å². The van der Waals surface area contributed by atoms with Gasteiger partial charge < -0.3 is 9.64 Å². The lowest BCUT2D eigenvalue weighted by Gasteiger charge is -2.25. The number of fused-ring (bicyclic) bond motifs is 1. The maximum atomic E-state index is 12.8. The van der Waals surface area contributed by atoms with Gasteiger partial charge >= 0.3 is 5.97 Å². The van der Waals surface area contributed by atoms with Crippen LogP contribution < -0.4 is 4.90 Å². The highest BCUT2D eigenvalue weighted by molar-refractivity contribution is 7.89. The number of benzene rings is 2. The van der Waals surface area contributed by atoms with Gasteiger partial charge in [-0.1, -0.05) is 50.6 Å². The summed E-state index contributed by atoms with van der Waals surface area (Å²) in [5.41, 5.74) is 3.60. The number of aryl methyl sites for hydroxylation is 1. The van der Waals surface area contributed by atoms with Crippen LogP contribution in [-0.2, 0) is 36.2 Å². The second-order valence-corrected chi connectivity index (χ2v) is 11.9. The van der Waals surface area contributed by atoms with E-state index < -0.39 is 16.0 Å². The number of esters is 1. The first-order chi connectivity index (χ1) is 17.1. The number of carbonyl (C=O) groups excluding carboxylic acids is 2. The topological polar surface area (TPSA) is 84.0 Å². The third-order valence-corrected chi connectivity index (χ3v) is 9.02. The van der Waals surface area contributed by atoms with Crippen LogP contribution in [0.4, 0.5) is 5.69 Å². The molecule has 7 nitrogen and oxygen atoms in total. The Hall–Kier alpha value is -2.97. The molecule has 0 bridgehead atoms. The van der Waals surface area contributed by atoms with Gasteiger partial charge in [-0.25, -0.2) is 8.42 Å². The molecule has 2 aliphatic heterocycles. The van der Waals surface area contributed by atoms with Gasteiger partial charge in [0.1, 0.15) is 0 Å². The molecule has 1 fully saturated rings. The molecule has 36 heavy (non-hydrogen) atoms. The van der Waals surface area contributed by atoms with Gasteiger partial charge in [0.15, 0.2) is 12.4 Å². The molecule has 0 amide bonds. The second-order valence-electron chi connectivity index (χ2n) is 9.97. The number of ether oxygens (including phenoxy) is 1. The van der Waals surface area contributed by atoms with E-state index in [1.54, 1.807) is 34.6 Å². The molecule has 0 unspecified atom stereocenters. The maximum absolute atomic E-state index is 12.8. The number of likely N-dealkylation sites (N-methyl/N-ethyl adjacent to an activating group) is 1. The highest BCUT2D eigenvalue weighted by Crippen LogP contribution is 2.46. The summed E-state index contributed by atoms with van der Waals surface area (Å²) in [5.74, 6) is -0.729. The summed E-state index contributed by atoms with van der Waals surface area (Å²) in [6.45, 7) is 4.96. The fourth-order valence-corrected chi connectivity index (χ4v) is 6.52. The molecule has 8 heteroatoms. The van der Waals surface area contributed by atoms with Crippen molar-refractivity contribution in [1.29, 1.82) is 0 Å². The maximum Gasteiger partial charge on any atom is 0.306 e. The normalized spacial score (nSPS) is 18.8. The zero-order chi connectivity index (χ0) is 25.9. The van der Waals surface area contributed by atoms with Crippen LogP contribution in [0.3, 0.4) is 0 Å². The SMILES string of the molecule is CN1/C(=C\C(=O)COC(=O)CCc2ccc(S(=O)(=O)N3CCCCC3)cc2)C(C)(C)c2ccccc21. The zero-order valence-electron chi connectivity index (χ0n) is 21.2. The molecule has 2 aliphatic rings. The van der Waals surface area contributed by atoms with Gasteiger partial charge in [0.25, 0.3) is 0 Å². The molecule has 0 saturated carbocycles. The number of nitrogens with zero attached hydrogens (tertiary/aromatic N) is 2. The van der Waals surface area contributed by atoms with E-state index in [-0.39, 0.29) is 29.1 Å². The molecule has 0 N–H and O–H groups in total. The van der Waals surface area contributed by atoms with Crippen molar-refractivity contribution >= 4 is 27.5 Å². The van der Waals surface area contributed by atoms with Crippen LogP contribution in [-0.4, -0.2) is 51.2 Å². The number of para-hydroxylation sites is 1. The summed E-state index contributed by atoms with van der Waals surface area (Å²) in [6.07, 6.45) is 4.92. The standard InChI is InChI=1S/C28H34N2O5S/c1-28(2)24-9-5-6-10-25(24)29(3)26(28)19-22(31)20-35-27(32)16-13-21-11-14-23(15-12-21)36(33,34)30-17-7-4-8-18-30/h5-6,9-12,14-15,19H,4,7-8,13,16-18,20H2,1-3H3/b26-19-. The Morgan fingerprint density at radius 2 is 1.67 bits per heavy atom. The molecule has 2 heterocycles. The number of hydrogen-bond donors (Lipinski definition) is 0. The van der Waals surface area contributed by atoms with Crippen molar-refractivity contribution in [3.63, 3.8) is 0 Å². The van der Waals surface area contributed by atoms with E-state index in [2.05, 4.69) is 19.9 Å². The van der Waals surface area contributed by atoms with Crippen LogP contribution in [0.15, 0.2) is 65.2 Å². The molecule has 0 aromatic heterocycles. The highest BCUT2D eigenvalue weighted by Gasteiger charge is 2.38. The monoisotopic (exact) mass is 510 g/mol. The third kappa shape index (κ3) is 5.39. The van der Waals surface area contributed by atoms with E-state index in [0.29, 0.717) is 19.5 Å². The minimum atomic E-state index is -3.47. The lowest BCUT2D eigenvalue weighted by atomic mass is 9.83. The Bertz CT molecular complexity index is 1260. The Morgan fingerprint density at radius 1 is 1.00 bits per heavy atom. The van der Waals surface area contributed by atoms with Gasteiger partial charge in [0.2, 0.25) is 10.0 Å². The van der Waals surface area contributed by atoms with Crippen LogP contribution in [0.25, 0.3) is 0 Å². The Labute approximate surface area is 213 Å². The number of rotatable bonds is 8. The molecule has 192 valence electrons. The summed E-state index contributed by atoms with van der Waals surface area (Å²) in [5, 5.41) is 0. The number of anilines is 1. The van der Waals surface area contributed by atoms with E-state index in [0.717, 1.165) is 41.8 Å². The average molecular weight is 511 g/mol. The number of piperidine rings is 1. The molecule has 0 atom stereocenters. The molecule has 0 radical (unpaired) electrons. The first-order valence-corrected chi connectivity index (χ1v) is 13.9. The van der Waals surface area contributed by atoms with E-state index in [1.807, 2.05) is 30.1 Å². The molecule has 4 rings (SSSR count). The quantitative estimate of drug-likeness (QED) is 0.391. The number of sulfonamides is 1. The van der Waals surface area contributed by atoms with Gasteiger partial charge in [-0.2, -0.15) is 4.31 Å². The second kappa shape index (κ2) is 10.6. The van der Waals surface area contributed by atoms with Crippen LogP contribution in [0.1, 0.15) is 50.7 Å². The van der Waals surface area contributed by atoms with Crippen LogP contribution in [0, 0.1) is 0 Å². The van der Waals surface area contributed by atoms with E-state index in [9.17, 15) is 18.0 Å². The highest BCUT2D eigenvalue weighted by atomic mass is 32.2. The first-order valence-electron chi connectivity index (χ1n) is 12.4. The third-order valence-electron chi connectivity index (χ3n) is 7.11. The molecule has 1 saturated heterocycles. The van der Waals surface area contributed by atoms with Gasteiger partial charge in [-0.15, -0.1) is 0 Å². The summed E-state index contributed by atoms with van der Waals surface area (Å²) in [7, 11) is -1.54. The first kappa shape index (κ1) is 26.1. The molecule has 0 aliphatic carbocycles. The smallest absolute Gasteiger partial charge is 0.306 e. The van der Waals surface area contributed by atoms with E-state index >= 15 is 0 Å². The van der Waals surface area contributed by atoms with Crippen molar-refractivity contribution < 1.29 is 22.7 Å². The summed E-state index contributed by atoms with van der Waals surface area (Å²) in [4.78, 5) is 27.1. The van der Waals surface area contributed by atoms with Crippen molar-refractivity contribution in [3.05, 3.63) is 71.4 Å². The number of allylic oxidation sites excluding steroid dienone is 1. The lowest BCUT2D eigenvalue weighted by Crippen LogP contribution is -2.35. The van der Waals surface area contributed by atoms with Gasteiger partial charge in [0.05, 0.1) is 4.90 Å². The molecular formula is C28H34N2O5S. The van der Waals surface area contributed by atoms with Crippen molar-refractivity contribution in [2.24, 2.45) is 0 Å². The van der Waals surface area contributed by atoms with Crippen molar-refractivity contribution in [3.8, 4) is 0 Å².